The second kappa shape index (κ2) is 12.6. The van der Waals surface area contributed by atoms with E-state index in [1.54, 1.807) is 49.5 Å². The van der Waals surface area contributed by atoms with Gasteiger partial charge in [0.25, 0.3) is 5.91 Å². The van der Waals surface area contributed by atoms with E-state index >= 15 is 0 Å². The van der Waals surface area contributed by atoms with Gasteiger partial charge in [-0.1, -0.05) is 13.0 Å². The van der Waals surface area contributed by atoms with E-state index in [-0.39, 0.29) is 47.9 Å². The molecule has 0 bridgehead atoms. The third kappa shape index (κ3) is 6.06. The third-order valence-electron chi connectivity index (χ3n) is 7.01. The van der Waals surface area contributed by atoms with Crippen LogP contribution in [0.3, 0.4) is 0 Å². The van der Waals surface area contributed by atoms with Crippen molar-refractivity contribution < 1.29 is 32.5 Å². The molecule has 0 aliphatic carbocycles. The number of fused-ring (bicyclic) bond motifs is 1. The molecule has 3 heterocycles. The van der Waals surface area contributed by atoms with E-state index in [1.165, 1.54) is 6.07 Å². The lowest BCUT2D eigenvalue weighted by Gasteiger charge is -2.26. The fraction of sp³-hybridized carbons (Fsp3) is 0.323. The number of carbonyl (C=O) groups excluding carboxylic acids is 1. The van der Waals surface area contributed by atoms with Crippen LogP contribution in [0.2, 0.25) is 0 Å². The number of ether oxygens (including phenoxy) is 4. The number of hydrogen-bond donors (Lipinski definition) is 1. The minimum Gasteiger partial charge on any atom is -0.501 e. The Labute approximate surface area is 242 Å². The number of aromatic nitrogens is 2. The molecule has 0 radical (unpaired) electrons. The van der Waals surface area contributed by atoms with E-state index in [0.717, 1.165) is 23.5 Å². The number of rotatable bonds is 11. The summed E-state index contributed by atoms with van der Waals surface area (Å²) in [6.45, 7) is 5.27. The summed E-state index contributed by atoms with van der Waals surface area (Å²) >= 11 is 0. The predicted molar refractivity (Wildman–Crippen MR) is 152 cm³/mol. The number of methoxy groups -OCH3 is 2. The molecule has 2 aliphatic rings. The average molecular weight is 579 g/mol. The fourth-order valence-corrected chi connectivity index (χ4v) is 4.70. The van der Waals surface area contributed by atoms with E-state index in [2.05, 4.69) is 15.3 Å². The number of benzene rings is 2. The highest BCUT2D eigenvalue weighted by Crippen LogP contribution is 2.34. The molecule has 5 rings (SSSR count). The van der Waals surface area contributed by atoms with Crippen LogP contribution in [0.5, 0.6) is 5.75 Å². The molecule has 3 aromatic rings. The molecule has 2 aliphatic heterocycles. The molecule has 1 aromatic heterocycles. The number of nitrogens with zero attached hydrogens (tertiary/aromatic N) is 3. The van der Waals surface area contributed by atoms with E-state index in [4.69, 9.17) is 18.9 Å². The maximum atomic E-state index is 14.8. The Bertz CT molecular complexity index is 1510. The summed E-state index contributed by atoms with van der Waals surface area (Å²) in [6.07, 6.45) is 2.48. The lowest BCUT2D eigenvalue weighted by Crippen LogP contribution is -2.38. The molecule has 0 spiro atoms. The van der Waals surface area contributed by atoms with Crippen LogP contribution < -0.4 is 10.1 Å². The Morgan fingerprint density at radius 3 is 2.38 bits per heavy atom. The predicted octanol–water partition coefficient (Wildman–Crippen LogP) is 5.76. The molecule has 1 saturated heterocycles. The number of hydrogen-bond acceptors (Lipinski definition) is 8. The van der Waals surface area contributed by atoms with Crippen LogP contribution in [-0.2, 0) is 20.8 Å². The van der Waals surface area contributed by atoms with Gasteiger partial charge in [-0.2, -0.15) is 0 Å². The standard InChI is InChI=1S/C31H32F2N4O5/c1-5-20(39-3)13-26(40-4)18(2)14-37-15-25-28(31(37)38)30(36-29(35-25)27-23(32)7-6-8-24(27)33)34-19-9-11-21(12-10-19)42-22-16-41-17-22/h6-13,22H,5,14-17H2,1-4H3,(H,34,35,36)/b20-13+,26-18-. The van der Waals surface area contributed by atoms with Crippen LogP contribution in [0, 0.1) is 11.6 Å². The normalized spacial score (nSPS) is 15.6. The Morgan fingerprint density at radius 1 is 1.07 bits per heavy atom. The monoisotopic (exact) mass is 578 g/mol. The molecule has 1 N–H and O–H groups in total. The van der Waals surface area contributed by atoms with E-state index < -0.39 is 11.6 Å². The first-order valence-corrected chi connectivity index (χ1v) is 13.6. The maximum Gasteiger partial charge on any atom is 0.260 e. The van der Waals surface area contributed by atoms with Crippen molar-refractivity contribution in [1.29, 1.82) is 0 Å². The van der Waals surface area contributed by atoms with Gasteiger partial charge in [-0.15, -0.1) is 0 Å². The molecular weight excluding hydrogens is 546 g/mol. The lowest BCUT2D eigenvalue weighted by molar-refractivity contribution is -0.0796. The van der Waals surface area contributed by atoms with Crippen molar-refractivity contribution in [3.05, 3.63) is 88.5 Å². The Balaban J connectivity index is 1.49. The van der Waals surface area contributed by atoms with Crippen molar-refractivity contribution in [2.75, 3.05) is 39.3 Å². The Morgan fingerprint density at radius 2 is 1.79 bits per heavy atom. The van der Waals surface area contributed by atoms with Gasteiger partial charge in [0.1, 0.15) is 40.6 Å². The van der Waals surface area contributed by atoms with Gasteiger partial charge in [0.05, 0.1) is 51.0 Å². The molecule has 11 heteroatoms. The highest BCUT2D eigenvalue weighted by Gasteiger charge is 2.34. The van der Waals surface area contributed by atoms with E-state index in [0.29, 0.717) is 42.5 Å². The molecule has 0 saturated carbocycles. The number of halogens is 2. The zero-order chi connectivity index (χ0) is 29.8. The average Bonchev–Trinajstić information content (AvgIpc) is 3.27. The van der Waals surface area contributed by atoms with Crippen molar-refractivity contribution in [2.24, 2.45) is 0 Å². The molecule has 0 atom stereocenters. The second-order valence-electron chi connectivity index (χ2n) is 9.92. The van der Waals surface area contributed by atoms with Crippen LogP contribution in [0.4, 0.5) is 20.3 Å². The third-order valence-corrected chi connectivity index (χ3v) is 7.01. The van der Waals surface area contributed by atoms with Gasteiger partial charge in [-0.25, -0.2) is 18.7 Å². The van der Waals surface area contributed by atoms with Gasteiger partial charge in [0.2, 0.25) is 0 Å². The van der Waals surface area contributed by atoms with Gasteiger partial charge in [-0.3, -0.25) is 4.79 Å². The topological polar surface area (TPSA) is 95.0 Å². The highest BCUT2D eigenvalue weighted by molar-refractivity contribution is 6.03. The Hall–Kier alpha value is -4.51. The summed E-state index contributed by atoms with van der Waals surface area (Å²) in [5.74, 6) is 0.0365. The zero-order valence-corrected chi connectivity index (χ0v) is 23.9. The number of carbonyl (C=O) groups is 1. The molecule has 1 amide bonds. The summed E-state index contributed by atoms with van der Waals surface area (Å²) in [6, 6.07) is 10.7. The van der Waals surface area contributed by atoms with Crippen LogP contribution in [0.1, 0.15) is 36.3 Å². The van der Waals surface area contributed by atoms with Gasteiger partial charge < -0.3 is 29.2 Å². The van der Waals surface area contributed by atoms with E-state index in [1.807, 2.05) is 13.8 Å². The molecular formula is C31H32F2N4O5. The van der Waals surface area contributed by atoms with E-state index in [9.17, 15) is 13.6 Å². The molecule has 2 aromatic carbocycles. The van der Waals surface area contributed by atoms with Crippen LogP contribution >= 0.6 is 0 Å². The number of anilines is 2. The number of amides is 1. The summed E-state index contributed by atoms with van der Waals surface area (Å²) < 4.78 is 51.4. The Kier molecular flexibility index (Phi) is 8.67. The molecule has 0 unspecified atom stereocenters. The summed E-state index contributed by atoms with van der Waals surface area (Å²) in [5, 5.41) is 3.15. The summed E-state index contributed by atoms with van der Waals surface area (Å²) in [4.78, 5) is 24.2. The van der Waals surface area contributed by atoms with Crippen LogP contribution in [0.25, 0.3) is 11.4 Å². The molecule has 220 valence electrons. The van der Waals surface area contributed by atoms with Gasteiger partial charge >= 0.3 is 0 Å². The molecule has 1 fully saturated rings. The maximum absolute atomic E-state index is 14.8. The number of allylic oxidation sites excluding steroid dienone is 2. The first-order valence-electron chi connectivity index (χ1n) is 13.6. The lowest BCUT2D eigenvalue weighted by atomic mass is 10.1. The molecule has 42 heavy (non-hydrogen) atoms. The van der Waals surface area contributed by atoms with Crippen LogP contribution in [-0.4, -0.2) is 60.9 Å². The smallest absolute Gasteiger partial charge is 0.260 e. The highest BCUT2D eigenvalue weighted by atomic mass is 19.1. The van der Waals surface area contributed by atoms with Crippen molar-refractivity contribution in [2.45, 2.75) is 32.9 Å². The largest absolute Gasteiger partial charge is 0.501 e. The zero-order valence-electron chi connectivity index (χ0n) is 23.9. The van der Waals surface area contributed by atoms with Gasteiger partial charge in [-0.05, 0) is 48.9 Å². The van der Waals surface area contributed by atoms with Crippen molar-refractivity contribution >= 4 is 17.4 Å². The minimum absolute atomic E-state index is 0.0189. The fourth-order valence-electron chi connectivity index (χ4n) is 4.70. The quantitative estimate of drug-likeness (QED) is 0.227. The minimum atomic E-state index is -0.802. The summed E-state index contributed by atoms with van der Waals surface area (Å²) in [7, 11) is 3.14. The van der Waals surface area contributed by atoms with Crippen molar-refractivity contribution in [3.63, 3.8) is 0 Å². The van der Waals surface area contributed by atoms with Crippen LogP contribution in [0.15, 0.2) is 65.6 Å². The second-order valence-corrected chi connectivity index (χ2v) is 9.92. The van der Waals surface area contributed by atoms with Crippen molar-refractivity contribution in [1.82, 2.24) is 14.9 Å². The first kappa shape index (κ1) is 29.0. The molecule has 9 nitrogen and oxygen atoms in total. The van der Waals surface area contributed by atoms with Gasteiger partial charge in [0.15, 0.2) is 5.82 Å². The first-order chi connectivity index (χ1) is 20.3. The van der Waals surface area contributed by atoms with Crippen molar-refractivity contribution in [3.8, 4) is 17.1 Å². The summed E-state index contributed by atoms with van der Waals surface area (Å²) in [5.41, 5.74) is 1.62. The van der Waals surface area contributed by atoms with Gasteiger partial charge in [0, 0.05) is 24.7 Å². The number of nitrogens with one attached hydrogen (secondary N) is 1. The SMILES string of the molecule is CC/C(=C\C(OC)=C(/C)CN1Cc2nc(-c3c(F)cccc3F)nc(Nc3ccc(OC4COC4)cc3)c2C1=O)OC.